The second-order valence-corrected chi connectivity index (χ2v) is 9.46. The molecule has 4 rings (SSSR count). The predicted molar refractivity (Wildman–Crippen MR) is 137 cm³/mol. The van der Waals surface area contributed by atoms with Gasteiger partial charge in [-0.1, -0.05) is 12.1 Å². The van der Waals surface area contributed by atoms with E-state index in [1.807, 2.05) is 43.3 Å². The standard InChI is InChI=1S/C27H35N5O2/c1-19-16-24-25(17-20(19)2)32(27(34)21(3)29-24)18-22-6-8-23(9-7-22)26(33)28-10-5-11-31-14-12-30(4)13-15-31/h6-9,16-17H,5,10-15,18H2,1-4H3,(H,28,33). The third-order valence-corrected chi connectivity index (χ3v) is 6.81. The molecule has 0 bridgehead atoms. The van der Waals surface area contributed by atoms with Gasteiger partial charge in [-0.05, 0) is 81.7 Å². The first-order valence-electron chi connectivity index (χ1n) is 12.1. The van der Waals surface area contributed by atoms with Crippen LogP contribution in [-0.4, -0.2) is 71.6 Å². The fourth-order valence-corrected chi connectivity index (χ4v) is 4.40. The summed E-state index contributed by atoms with van der Waals surface area (Å²) in [6.07, 6.45) is 0.948. The fraction of sp³-hybridized carbons (Fsp3) is 0.444. The van der Waals surface area contributed by atoms with Gasteiger partial charge in [0.25, 0.3) is 11.5 Å². The molecule has 0 spiro atoms. The summed E-state index contributed by atoms with van der Waals surface area (Å²) in [5.74, 6) is -0.0570. The molecule has 1 aromatic heterocycles. The second-order valence-electron chi connectivity index (χ2n) is 9.46. The van der Waals surface area contributed by atoms with Crippen LogP contribution in [0, 0.1) is 20.8 Å². The van der Waals surface area contributed by atoms with Crippen molar-refractivity contribution in [3.63, 3.8) is 0 Å². The maximum atomic E-state index is 12.9. The van der Waals surface area contributed by atoms with E-state index in [9.17, 15) is 9.59 Å². The van der Waals surface area contributed by atoms with Crippen LogP contribution in [0.4, 0.5) is 0 Å². The first-order chi connectivity index (χ1) is 16.3. The highest BCUT2D eigenvalue weighted by Crippen LogP contribution is 2.18. The summed E-state index contributed by atoms with van der Waals surface area (Å²) in [5, 5.41) is 3.03. The number of amides is 1. The summed E-state index contributed by atoms with van der Waals surface area (Å²) in [6, 6.07) is 11.6. The maximum Gasteiger partial charge on any atom is 0.272 e. The Bertz CT molecular complexity index is 1220. The third-order valence-electron chi connectivity index (χ3n) is 6.81. The number of benzene rings is 2. The molecule has 7 heteroatoms. The van der Waals surface area contributed by atoms with Crippen LogP contribution in [0.5, 0.6) is 0 Å². The van der Waals surface area contributed by atoms with Crippen LogP contribution in [0.15, 0.2) is 41.2 Å². The Morgan fingerprint density at radius 2 is 1.68 bits per heavy atom. The van der Waals surface area contributed by atoms with Crippen molar-refractivity contribution in [2.24, 2.45) is 0 Å². The van der Waals surface area contributed by atoms with E-state index in [2.05, 4.69) is 34.1 Å². The Balaban J connectivity index is 1.38. The molecule has 3 aromatic rings. The number of rotatable bonds is 7. The van der Waals surface area contributed by atoms with Gasteiger partial charge in [0.2, 0.25) is 0 Å². The number of aryl methyl sites for hydroxylation is 3. The quantitative estimate of drug-likeness (QED) is 0.548. The van der Waals surface area contributed by atoms with Crippen molar-refractivity contribution in [3.8, 4) is 0 Å². The molecule has 0 saturated carbocycles. The SMILES string of the molecule is Cc1cc2nc(C)c(=O)n(Cc3ccc(C(=O)NCCCN4CCN(C)CC4)cc3)c2cc1C. The van der Waals surface area contributed by atoms with E-state index >= 15 is 0 Å². The maximum absolute atomic E-state index is 12.9. The lowest BCUT2D eigenvalue weighted by molar-refractivity contribution is 0.0949. The number of carbonyl (C=O) groups is 1. The first kappa shape index (κ1) is 24.1. The van der Waals surface area contributed by atoms with Crippen molar-refractivity contribution < 1.29 is 4.79 Å². The largest absolute Gasteiger partial charge is 0.352 e. The number of hydrogen-bond donors (Lipinski definition) is 1. The average molecular weight is 462 g/mol. The van der Waals surface area contributed by atoms with Gasteiger partial charge in [-0.3, -0.25) is 9.59 Å². The predicted octanol–water partition coefficient (Wildman–Crippen LogP) is 2.74. The minimum absolute atomic E-state index is 0.0570. The van der Waals surface area contributed by atoms with E-state index in [0.717, 1.165) is 66.9 Å². The van der Waals surface area contributed by atoms with Gasteiger partial charge in [0.1, 0.15) is 5.69 Å². The number of carbonyl (C=O) groups excluding carboxylic acids is 1. The highest BCUT2D eigenvalue weighted by Gasteiger charge is 2.14. The third kappa shape index (κ3) is 5.54. The lowest BCUT2D eigenvalue weighted by atomic mass is 10.1. The molecule has 2 heterocycles. The number of piperazine rings is 1. The number of nitrogens with one attached hydrogen (secondary N) is 1. The van der Waals surface area contributed by atoms with Gasteiger partial charge in [-0.15, -0.1) is 0 Å². The molecule has 1 aliphatic rings. The fourth-order valence-electron chi connectivity index (χ4n) is 4.40. The minimum Gasteiger partial charge on any atom is -0.352 e. The van der Waals surface area contributed by atoms with Gasteiger partial charge in [-0.2, -0.15) is 0 Å². The molecule has 1 fully saturated rings. The van der Waals surface area contributed by atoms with Gasteiger partial charge in [0, 0.05) is 38.3 Å². The molecule has 7 nitrogen and oxygen atoms in total. The molecule has 1 N–H and O–H groups in total. The summed E-state index contributed by atoms with van der Waals surface area (Å²) < 4.78 is 1.78. The van der Waals surface area contributed by atoms with E-state index in [0.29, 0.717) is 24.3 Å². The molecule has 0 unspecified atom stereocenters. The molecule has 1 aliphatic heterocycles. The van der Waals surface area contributed by atoms with E-state index in [1.54, 1.807) is 11.5 Å². The Labute approximate surface area is 201 Å². The highest BCUT2D eigenvalue weighted by molar-refractivity contribution is 5.94. The number of nitrogens with zero attached hydrogens (tertiary/aromatic N) is 4. The molecule has 0 radical (unpaired) electrons. The molecule has 2 aromatic carbocycles. The van der Waals surface area contributed by atoms with Crippen LogP contribution >= 0.6 is 0 Å². The first-order valence-corrected chi connectivity index (χ1v) is 12.1. The van der Waals surface area contributed by atoms with Crippen molar-refractivity contribution in [2.75, 3.05) is 46.3 Å². The van der Waals surface area contributed by atoms with Crippen molar-refractivity contribution in [1.82, 2.24) is 24.7 Å². The number of fused-ring (bicyclic) bond motifs is 1. The molecular weight excluding hydrogens is 426 g/mol. The molecule has 0 atom stereocenters. The van der Waals surface area contributed by atoms with Crippen LogP contribution in [0.1, 0.15) is 39.2 Å². The molecule has 0 aliphatic carbocycles. The monoisotopic (exact) mass is 461 g/mol. The Kier molecular flexibility index (Phi) is 7.44. The number of hydrogen-bond acceptors (Lipinski definition) is 5. The summed E-state index contributed by atoms with van der Waals surface area (Å²) in [4.78, 5) is 34.7. The van der Waals surface area contributed by atoms with Gasteiger partial charge in [0.05, 0.1) is 17.6 Å². The van der Waals surface area contributed by atoms with Crippen LogP contribution in [-0.2, 0) is 6.54 Å². The zero-order chi connectivity index (χ0) is 24.2. The number of aromatic nitrogens is 2. The molecule has 1 amide bonds. The van der Waals surface area contributed by atoms with Crippen molar-refractivity contribution in [1.29, 1.82) is 0 Å². The average Bonchev–Trinajstić information content (AvgIpc) is 2.82. The lowest BCUT2D eigenvalue weighted by Crippen LogP contribution is -2.45. The van der Waals surface area contributed by atoms with Crippen molar-refractivity contribution in [3.05, 3.63) is 74.7 Å². The summed E-state index contributed by atoms with van der Waals surface area (Å²) in [6.45, 7) is 12.4. The zero-order valence-corrected chi connectivity index (χ0v) is 20.7. The summed E-state index contributed by atoms with van der Waals surface area (Å²) >= 11 is 0. The van der Waals surface area contributed by atoms with Gasteiger partial charge in [0.15, 0.2) is 0 Å². The highest BCUT2D eigenvalue weighted by atomic mass is 16.1. The Hall–Kier alpha value is -3.03. The van der Waals surface area contributed by atoms with E-state index < -0.39 is 0 Å². The van der Waals surface area contributed by atoms with Gasteiger partial charge in [-0.25, -0.2) is 4.98 Å². The number of likely N-dealkylation sites (N-methyl/N-ethyl adjacent to an activating group) is 1. The minimum atomic E-state index is -0.0853. The van der Waals surface area contributed by atoms with Crippen LogP contribution in [0.2, 0.25) is 0 Å². The van der Waals surface area contributed by atoms with E-state index in [1.165, 1.54) is 0 Å². The van der Waals surface area contributed by atoms with Crippen molar-refractivity contribution in [2.45, 2.75) is 33.7 Å². The summed E-state index contributed by atoms with van der Waals surface area (Å²) in [7, 11) is 2.16. The normalized spacial score (nSPS) is 15.1. The van der Waals surface area contributed by atoms with Crippen LogP contribution in [0.25, 0.3) is 11.0 Å². The Morgan fingerprint density at radius 1 is 1.00 bits per heavy atom. The van der Waals surface area contributed by atoms with E-state index in [4.69, 9.17) is 0 Å². The zero-order valence-electron chi connectivity index (χ0n) is 20.7. The topological polar surface area (TPSA) is 70.5 Å². The van der Waals surface area contributed by atoms with Crippen LogP contribution < -0.4 is 10.9 Å². The van der Waals surface area contributed by atoms with Crippen LogP contribution in [0.3, 0.4) is 0 Å². The lowest BCUT2D eigenvalue weighted by Gasteiger charge is -2.32. The van der Waals surface area contributed by atoms with E-state index in [-0.39, 0.29) is 11.5 Å². The summed E-state index contributed by atoms with van der Waals surface area (Å²) in [5.41, 5.74) is 5.96. The Morgan fingerprint density at radius 3 is 2.38 bits per heavy atom. The van der Waals surface area contributed by atoms with Crippen molar-refractivity contribution >= 4 is 16.9 Å². The molecule has 34 heavy (non-hydrogen) atoms. The molecule has 1 saturated heterocycles. The molecule has 180 valence electrons. The second kappa shape index (κ2) is 10.5. The molecular formula is C27H35N5O2. The smallest absolute Gasteiger partial charge is 0.272 e. The van der Waals surface area contributed by atoms with Gasteiger partial charge < -0.3 is 19.7 Å². The van der Waals surface area contributed by atoms with Gasteiger partial charge >= 0.3 is 0 Å².